The molecule has 27 heavy (non-hydrogen) atoms. The Labute approximate surface area is 159 Å². The van der Waals surface area contributed by atoms with Crippen LogP contribution < -0.4 is 0 Å². The minimum atomic E-state index is 0.0163. The Morgan fingerprint density at radius 1 is 1.00 bits per heavy atom. The molecule has 0 spiro atoms. The second kappa shape index (κ2) is 6.86. The van der Waals surface area contributed by atoms with Crippen molar-refractivity contribution in [2.75, 3.05) is 19.6 Å². The highest BCUT2D eigenvalue weighted by molar-refractivity contribution is 5.96. The van der Waals surface area contributed by atoms with Crippen LogP contribution in [0.15, 0.2) is 65.1 Å². The molecule has 0 radical (unpaired) electrons. The number of hydrogen-bond acceptors (Lipinski definition) is 3. The molecule has 1 aliphatic carbocycles. The smallest absolute Gasteiger partial charge is 0.289 e. The molecule has 1 aromatic heterocycles. The molecular formula is C23H24N2O2. The fourth-order valence-electron chi connectivity index (χ4n) is 4.21. The second-order valence-corrected chi connectivity index (χ2v) is 7.72. The van der Waals surface area contributed by atoms with Gasteiger partial charge in [-0.1, -0.05) is 48.5 Å². The average molecular weight is 360 g/mol. The van der Waals surface area contributed by atoms with Gasteiger partial charge in [-0.25, -0.2) is 0 Å². The zero-order chi connectivity index (χ0) is 18.2. The highest BCUT2D eigenvalue weighted by atomic mass is 16.3. The first-order valence-electron chi connectivity index (χ1n) is 9.85. The summed E-state index contributed by atoms with van der Waals surface area (Å²) in [6.07, 6.45) is 3.49. The van der Waals surface area contributed by atoms with Crippen molar-refractivity contribution in [1.29, 1.82) is 0 Å². The van der Waals surface area contributed by atoms with Crippen LogP contribution in [0.1, 0.15) is 29.0 Å². The van der Waals surface area contributed by atoms with Crippen LogP contribution in [0.3, 0.4) is 0 Å². The van der Waals surface area contributed by atoms with Crippen LogP contribution in [0, 0.1) is 0 Å². The molecule has 1 saturated carbocycles. The van der Waals surface area contributed by atoms with Gasteiger partial charge in [-0.05, 0) is 37.0 Å². The number of rotatable bonds is 4. The monoisotopic (exact) mass is 360 g/mol. The lowest BCUT2D eigenvalue weighted by molar-refractivity contribution is 0.0411. The SMILES string of the molecule is O=C(c1cc2ccccc2o1)N1CCN(C2CC2)CC1Cc1ccccc1. The number of nitrogens with zero attached hydrogens (tertiary/aromatic N) is 2. The van der Waals surface area contributed by atoms with E-state index in [0.29, 0.717) is 5.76 Å². The van der Waals surface area contributed by atoms with Gasteiger partial charge in [0.15, 0.2) is 5.76 Å². The predicted octanol–water partition coefficient (Wildman–Crippen LogP) is 3.96. The average Bonchev–Trinajstić information content (AvgIpc) is 3.46. The van der Waals surface area contributed by atoms with Gasteiger partial charge in [-0.2, -0.15) is 0 Å². The van der Waals surface area contributed by atoms with Crippen molar-refractivity contribution in [2.24, 2.45) is 0 Å². The van der Waals surface area contributed by atoms with Crippen LogP contribution in [-0.2, 0) is 6.42 Å². The molecule has 138 valence electrons. The molecule has 2 heterocycles. The van der Waals surface area contributed by atoms with Gasteiger partial charge >= 0.3 is 0 Å². The molecule has 0 N–H and O–H groups in total. The molecule has 0 bridgehead atoms. The Bertz CT molecular complexity index is 912. The quantitative estimate of drug-likeness (QED) is 0.706. The van der Waals surface area contributed by atoms with Gasteiger partial charge in [-0.15, -0.1) is 0 Å². The third kappa shape index (κ3) is 3.37. The minimum Gasteiger partial charge on any atom is -0.451 e. The number of fused-ring (bicyclic) bond motifs is 1. The van der Waals surface area contributed by atoms with E-state index in [1.807, 2.05) is 41.3 Å². The summed E-state index contributed by atoms with van der Waals surface area (Å²) >= 11 is 0. The predicted molar refractivity (Wildman–Crippen MR) is 106 cm³/mol. The number of benzene rings is 2. The third-order valence-corrected chi connectivity index (χ3v) is 5.79. The first-order valence-corrected chi connectivity index (χ1v) is 9.85. The lowest BCUT2D eigenvalue weighted by Gasteiger charge is -2.41. The van der Waals surface area contributed by atoms with E-state index in [9.17, 15) is 4.79 Å². The minimum absolute atomic E-state index is 0.0163. The number of hydrogen-bond donors (Lipinski definition) is 0. The van der Waals surface area contributed by atoms with Gasteiger partial charge in [0.25, 0.3) is 5.91 Å². The van der Waals surface area contributed by atoms with E-state index in [0.717, 1.165) is 43.1 Å². The van der Waals surface area contributed by atoms with Gasteiger partial charge in [0.1, 0.15) is 5.58 Å². The topological polar surface area (TPSA) is 36.7 Å². The lowest BCUT2D eigenvalue weighted by atomic mass is 10.0. The second-order valence-electron chi connectivity index (χ2n) is 7.72. The molecule has 1 aliphatic heterocycles. The van der Waals surface area contributed by atoms with Crippen molar-refractivity contribution >= 4 is 16.9 Å². The van der Waals surface area contributed by atoms with Gasteiger partial charge in [-0.3, -0.25) is 9.69 Å². The summed E-state index contributed by atoms with van der Waals surface area (Å²) in [6.45, 7) is 2.68. The summed E-state index contributed by atoms with van der Waals surface area (Å²) in [6, 6.07) is 21.1. The maximum absolute atomic E-state index is 13.3. The summed E-state index contributed by atoms with van der Waals surface area (Å²) in [4.78, 5) is 17.9. The van der Waals surface area contributed by atoms with Crippen molar-refractivity contribution in [2.45, 2.75) is 31.3 Å². The van der Waals surface area contributed by atoms with Crippen LogP contribution in [0.2, 0.25) is 0 Å². The van der Waals surface area contributed by atoms with Crippen LogP contribution >= 0.6 is 0 Å². The third-order valence-electron chi connectivity index (χ3n) is 5.79. The van der Waals surface area contributed by atoms with Gasteiger partial charge in [0.2, 0.25) is 0 Å². The van der Waals surface area contributed by atoms with Crippen molar-refractivity contribution in [1.82, 2.24) is 9.80 Å². The molecule has 1 amide bonds. The molecule has 4 heteroatoms. The van der Waals surface area contributed by atoms with E-state index in [4.69, 9.17) is 4.42 Å². The molecule has 2 aromatic carbocycles. The Kier molecular flexibility index (Phi) is 4.21. The zero-order valence-electron chi connectivity index (χ0n) is 15.4. The van der Waals surface area contributed by atoms with Crippen molar-refractivity contribution in [3.05, 3.63) is 72.0 Å². The van der Waals surface area contributed by atoms with E-state index in [1.54, 1.807) is 0 Å². The fraction of sp³-hybridized carbons (Fsp3) is 0.348. The summed E-state index contributed by atoms with van der Waals surface area (Å²) in [5.41, 5.74) is 2.06. The van der Waals surface area contributed by atoms with Gasteiger partial charge in [0.05, 0.1) is 0 Å². The molecular weight excluding hydrogens is 336 g/mol. The number of furan rings is 1. The number of amides is 1. The summed E-state index contributed by atoms with van der Waals surface area (Å²) in [7, 11) is 0. The maximum atomic E-state index is 13.3. The standard InChI is InChI=1S/C23H24N2O2/c26-23(22-15-18-8-4-5-9-21(18)27-22)25-13-12-24(19-10-11-19)16-20(25)14-17-6-2-1-3-7-17/h1-9,15,19-20H,10-14,16H2. The van der Waals surface area contributed by atoms with E-state index >= 15 is 0 Å². The molecule has 3 aromatic rings. The Morgan fingerprint density at radius 2 is 1.78 bits per heavy atom. The number of piperazine rings is 1. The van der Waals surface area contributed by atoms with Gasteiger partial charge in [0, 0.05) is 37.1 Å². The molecule has 1 atom stereocenters. The zero-order valence-corrected chi connectivity index (χ0v) is 15.4. The van der Waals surface area contributed by atoms with Crippen LogP contribution in [0.25, 0.3) is 11.0 Å². The summed E-state index contributed by atoms with van der Waals surface area (Å²) in [5, 5.41) is 0.983. The molecule has 1 saturated heterocycles. The maximum Gasteiger partial charge on any atom is 0.289 e. The van der Waals surface area contributed by atoms with E-state index in [2.05, 4.69) is 29.2 Å². The molecule has 1 unspecified atom stereocenters. The van der Waals surface area contributed by atoms with Crippen molar-refractivity contribution in [3.8, 4) is 0 Å². The summed E-state index contributed by atoms with van der Waals surface area (Å²) in [5.74, 6) is 0.469. The van der Waals surface area contributed by atoms with E-state index in [1.165, 1.54) is 18.4 Å². The van der Waals surface area contributed by atoms with Gasteiger partial charge < -0.3 is 9.32 Å². The number of carbonyl (C=O) groups is 1. The van der Waals surface area contributed by atoms with Crippen LogP contribution in [0.4, 0.5) is 0 Å². The lowest BCUT2D eigenvalue weighted by Crippen LogP contribution is -2.56. The molecule has 4 nitrogen and oxygen atoms in total. The Morgan fingerprint density at radius 3 is 2.56 bits per heavy atom. The normalized spacial score (nSPS) is 20.9. The molecule has 2 fully saturated rings. The fourth-order valence-corrected chi connectivity index (χ4v) is 4.21. The summed E-state index contributed by atoms with van der Waals surface area (Å²) < 4.78 is 5.86. The van der Waals surface area contributed by atoms with E-state index < -0.39 is 0 Å². The number of carbonyl (C=O) groups excluding carboxylic acids is 1. The van der Waals surface area contributed by atoms with Crippen molar-refractivity contribution < 1.29 is 9.21 Å². The van der Waals surface area contributed by atoms with Crippen LogP contribution in [-0.4, -0.2) is 47.4 Å². The van der Waals surface area contributed by atoms with Crippen molar-refractivity contribution in [3.63, 3.8) is 0 Å². The first-order chi connectivity index (χ1) is 13.3. The number of para-hydroxylation sites is 1. The largest absolute Gasteiger partial charge is 0.451 e. The molecule has 5 rings (SSSR count). The first kappa shape index (κ1) is 16.6. The highest BCUT2D eigenvalue weighted by Gasteiger charge is 2.38. The highest BCUT2D eigenvalue weighted by Crippen LogP contribution is 2.30. The van der Waals surface area contributed by atoms with Crippen LogP contribution in [0.5, 0.6) is 0 Å². The Hall–Kier alpha value is -2.59. The Balaban J connectivity index is 1.41. The molecule has 2 aliphatic rings. The van der Waals surface area contributed by atoms with E-state index in [-0.39, 0.29) is 11.9 Å².